The summed E-state index contributed by atoms with van der Waals surface area (Å²) >= 11 is 0. The van der Waals surface area contributed by atoms with Crippen LogP contribution in [0.4, 0.5) is 5.69 Å². The first kappa shape index (κ1) is 15.0. The lowest BCUT2D eigenvalue weighted by Gasteiger charge is -2.20. The minimum Gasteiger partial charge on any atom is -0.389 e. The van der Waals surface area contributed by atoms with Crippen LogP contribution < -0.4 is 5.32 Å². The van der Waals surface area contributed by atoms with Crippen LogP contribution in [0.3, 0.4) is 0 Å². The first-order valence-electron chi connectivity index (χ1n) is 7.76. The second-order valence-electron chi connectivity index (χ2n) is 5.79. The molecule has 2 rings (SSSR count). The van der Waals surface area contributed by atoms with Crippen molar-refractivity contribution >= 4 is 11.6 Å². The summed E-state index contributed by atoms with van der Waals surface area (Å²) in [5.74, 6) is 0.234. The molecule has 1 atom stereocenters. The van der Waals surface area contributed by atoms with Gasteiger partial charge in [0.1, 0.15) is 0 Å². The lowest BCUT2D eigenvalue weighted by molar-refractivity contribution is -0.120. The van der Waals surface area contributed by atoms with Crippen molar-refractivity contribution in [3.8, 4) is 0 Å². The van der Waals surface area contributed by atoms with Crippen LogP contribution in [-0.2, 0) is 4.79 Å². The zero-order chi connectivity index (χ0) is 14.4. The van der Waals surface area contributed by atoms with E-state index >= 15 is 0 Å². The highest BCUT2D eigenvalue weighted by Gasteiger charge is 2.20. The highest BCUT2D eigenvalue weighted by molar-refractivity contribution is 5.93. The van der Waals surface area contributed by atoms with Gasteiger partial charge in [0.25, 0.3) is 0 Å². The SMILES string of the molecule is CC(O)c1ccccc1NC(=O)C1CCCCCCC1. The fourth-order valence-corrected chi connectivity index (χ4v) is 2.93. The van der Waals surface area contributed by atoms with Gasteiger partial charge in [-0.25, -0.2) is 0 Å². The van der Waals surface area contributed by atoms with Gasteiger partial charge >= 0.3 is 0 Å². The molecular weight excluding hydrogens is 250 g/mol. The summed E-state index contributed by atoms with van der Waals surface area (Å²) in [5, 5.41) is 12.8. The lowest BCUT2D eigenvalue weighted by Crippen LogP contribution is -2.24. The van der Waals surface area contributed by atoms with Crippen molar-refractivity contribution < 1.29 is 9.90 Å². The molecule has 2 N–H and O–H groups in total. The minimum absolute atomic E-state index is 0.111. The van der Waals surface area contributed by atoms with Crippen LogP contribution in [0.2, 0.25) is 0 Å². The first-order chi connectivity index (χ1) is 9.68. The molecule has 1 aliphatic carbocycles. The van der Waals surface area contributed by atoms with Gasteiger partial charge < -0.3 is 10.4 Å². The number of aliphatic hydroxyl groups is 1. The highest BCUT2D eigenvalue weighted by Crippen LogP contribution is 2.26. The molecule has 1 saturated carbocycles. The summed E-state index contributed by atoms with van der Waals surface area (Å²) in [6.07, 6.45) is 7.50. The molecule has 0 saturated heterocycles. The van der Waals surface area contributed by atoms with Crippen LogP contribution >= 0.6 is 0 Å². The standard InChI is InChI=1S/C17H25NO2/c1-13(19)15-11-7-8-12-16(15)18-17(20)14-9-5-3-2-4-6-10-14/h7-8,11-14,19H,2-6,9-10H2,1H3,(H,18,20). The Bertz CT molecular complexity index is 434. The maximum Gasteiger partial charge on any atom is 0.227 e. The number of para-hydroxylation sites is 1. The van der Waals surface area contributed by atoms with Gasteiger partial charge in [-0.3, -0.25) is 4.79 Å². The van der Waals surface area contributed by atoms with E-state index in [4.69, 9.17) is 0 Å². The van der Waals surface area contributed by atoms with E-state index in [-0.39, 0.29) is 11.8 Å². The van der Waals surface area contributed by atoms with Gasteiger partial charge in [-0.05, 0) is 25.8 Å². The Morgan fingerprint density at radius 3 is 2.40 bits per heavy atom. The molecule has 0 aliphatic heterocycles. The molecule has 0 bridgehead atoms. The molecule has 110 valence electrons. The summed E-state index contributed by atoms with van der Waals surface area (Å²) in [7, 11) is 0. The predicted molar refractivity (Wildman–Crippen MR) is 81.5 cm³/mol. The number of amides is 1. The Kier molecular flexibility index (Phi) is 5.60. The molecule has 1 unspecified atom stereocenters. The van der Waals surface area contributed by atoms with Gasteiger partial charge in [-0.2, -0.15) is 0 Å². The fraction of sp³-hybridized carbons (Fsp3) is 0.588. The third kappa shape index (κ3) is 4.07. The molecular formula is C17H25NO2. The predicted octanol–water partition coefficient (Wildman–Crippen LogP) is 4.04. The lowest BCUT2D eigenvalue weighted by atomic mass is 9.90. The maximum atomic E-state index is 12.4. The van der Waals surface area contributed by atoms with Gasteiger partial charge in [-0.15, -0.1) is 0 Å². The summed E-state index contributed by atoms with van der Waals surface area (Å²) < 4.78 is 0. The van der Waals surface area contributed by atoms with Crippen molar-refractivity contribution in [3.05, 3.63) is 29.8 Å². The zero-order valence-corrected chi connectivity index (χ0v) is 12.3. The van der Waals surface area contributed by atoms with Crippen LogP contribution in [0.5, 0.6) is 0 Å². The number of benzene rings is 1. The summed E-state index contributed by atoms with van der Waals surface area (Å²) in [6, 6.07) is 7.49. The van der Waals surface area contributed by atoms with E-state index in [1.807, 2.05) is 24.3 Å². The van der Waals surface area contributed by atoms with Crippen LogP contribution in [-0.4, -0.2) is 11.0 Å². The Labute approximate surface area is 121 Å². The monoisotopic (exact) mass is 275 g/mol. The quantitative estimate of drug-likeness (QED) is 0.874. The number of anilines is 1. The number of carbonyl (C=O) groups is 1. The third-order valence-electron chi connectivity index (χ3n) is 4.14. The molecule has 0 spiro atoms. The average Bonchev–Trinajstić information content (AvgIpc) is 2.38. The van der Waals surface area contributed by atoms with Gasteiger partial charge in [0, 0.05) is 17.2 Å². The maximum absolute atomic E-state index is 12.4. The average molecular weight is 275 g/mol. The molecule has 3 heteroatoms. The second-order valence-corrected chi connectivity index (χ2v) is 5.79. The number of aliphatic hydroxyl groups excluding tert-OH is 1. The van der Waals surface area contributed by atoms with Crippen LogP contribution in [0.25, 0.3) is 0 Å². The van der Waals surface area contributed by atoms with E-state index in [2.05, 4.69) is 5.32 Å². The van der Waals surface area contributed by atoms with Gasteiger partial charge in [0.05, 0.1) is 6.10 Å². The number of carbonyl (C=O) groups excluding carboxylic acids is 1. The number of hydrogen-bond donors (Lipinski definition) is 2. The molecule has 1 aromatic carbocycles. The summed E-state index contributed by atoms with van der Waals surface area (Å²) in [6.45, 7) is 1.72. The van der Waals surface area contributed by atoms with Gasteiger partial charge in [0.15, 0.2) is 0 Å². The molecule has 1 fully saturated rings. The van der Waals surface area contributed by atoms with E-state index in [1.54, 1.807) is 6.92 Å². The van der Waals surface area contributed by atoms with E-state index in [0.29, 0.717) is 0 Å². The van der Waals surface area contributed by atoms with Crippen molar-refractivity contribution in [2.24, 2.45) is 5.92 Å². The molecule has 0 aromatic heterocycles. The molecule has 3 nitrogen and oxygen atoms in total. The largest absolute Gasteiger partial charge is 0.389 e. The Hall–Kier alpha value is -1.35. The number of nitrogens with one attached hydrogen (secondary N) is 1. The Balaban J connectivity index is 2.03. The highest BCUT2D eigenvalue weighted by atomic mass is 16.3. The Morgan fingerprint density at radius 2 is 1.75 bits per heavy atom. The minimum atomic E-state index is -0.566. The van der Waals surface area contributed by atoms with E-state index in [9.17, 15) is 9.90 Å². The van der Waals surface area contributed by atoms with E-state index in [1.165, 1.54) is 19.3 Å². The molecule has 1 amide bonds. The van der Waals surface area contributed by atoms with Gasteiger partial charge in [-0.1, -0.05) is 50.3 Å². The number of rotatable bonds is 3. The van der Waals surface area contributed by atoms with Crippen LogP contribution in [0.1, 0.15) is 63.5 Å². The van der Waals surface area contributed by atoms with E-state index < -0.39 is 6.10 Å². The number of hydrogen-bond acceptors (Lipinski definition) is 2. The van der Waals surface area contributed by atoms with Crippen molar-refractivity contribution in [2.45, 2.75) is 58.0 Å². The molecule has 1 aliphatic rings. The Morgan fingerprint density at radius 1 is 1.15 bits per heavy atom. The van der Waals surface area contributed by atoms with Crippen LogP contribution in [0.15, 0.2) is 24.3 Å². The van der Waals surface area contributed by atoms with Crippen molar-refractivity contribution in [1.82, 2.24) is 0 Å². The third-order valence-corrected chi connectivity index (χ3v) is 4.14. The summed E-state index contributed by atoms with van der Waals surface area (Å²) in [4.78, 5) is 12.4. The molecule has 1 aromatic rings. The topological polar surface area (TPSA) is 49.3 Å². The second kappa shape index (κ2) is 7.44. The zero-order valence-electron chi connectivity index (χ0n) is 12.3. The normalized spacial score (nSPS) is 18.9. The van der Waals surface area contributed by atoms with Crippen LogP contribution in [0, 0.1) is 5.92 Å². The molecule has 0 radical (unpaired) electrons. The summed E-state index contributed by atoms with van der Waals surface area (Å²) in [5.41, 5.74) is 1.53. The van der Waals surface area contributed by atoms with E-state index in [0.717, 1.165) is 36.9 Å². The first-order valence-corrected chi connectivity index (χ1v) is 7.76. The fourth-order valence-electron chi connectivity index (χ4n) is 2.93. The van der Waals surface area contributed by atoms with Crippen molar-refractivity contribution in [3.63, 3.8) is 0 Å². The molecule has 20 heavy (non-hydrogen) atoms. The molecule has 0 heterocycles. The smallest absolute Gasteiger partial charge is 0.227 e. The van der Waals surface area contributed by atoms with Gasteiger partial charge in [0.2, 0.25) is 5.91 Å². The van der Waals surface area contributed by atoms with Crippen molar-refractivity contribution in [2.75, 3.05) is 5.32 Å². The van der Waals surface area contributed by atoms with Crippen molar-refractivity contribution in [1.29, 1.82) is 0 Å².